The summed E-state index contributed by atoms with van der Waals surface area (Å²) in [5.41, 5.74) is 3.25. The van der Waals surface area contributed by atoms with E-state index < -0.39 is 0 Å². The van der Waals surface area contributed by atoms with Crippen LogP contribution in [-0.4, -0.2) is 31.6 Å². The fraction of sp³-hybridized carbons (Fsp3) is 0.238. The number of nitrogens with one attached hydrogen (secondary N) is 2. The van der Waals surface area contributed by atoms with Crippen molar-refractivity contribution in [1.82, 2.24) is 15.6 Å². The molecule has 1 aromatic heterocycles. The lowest BCUT2D eigenvalue weighted by atomic mass is 10.1. The van der Waals surface area contributed by atoms with E-state index in [-0.39, 0.29) is 0 Å². The summed E-state index contributed by atoms with van der Waals surface area (Å²) < 4.78 is 5.18. The molecule has 0 bridgehead atoms. The van der Waals surface area contributed by atoms with Crippen molar-refractivity contribution < 1.29 is 4.74 Å². The summed E-state index contributed by atoms with van der Waals surface area (Å²) in [6.07, 6.45) is 2.63. The summed E-state index contributed by atoms with van der Waals surface area (Å²) in [6.45, 7) is 1.40. The number of guanidine groups is 1. The average Bonchev–Trinajstić information content (AvgIpc) is 2.71. The van der Waals surface area contributed by atoms with E-state index in [1.165, 1.54) is 5.56 Å². The zero-order valence-electron chi connectivity index (χ0n) is 15.5. The van der Waals surface area contributed by atoms with Gasteiger partial charge in [0.05, 0.1) is 12.6 Å². The molecule has 3 aromatic rings. The van der Waals surface area contributed by atoms with Crippen molar-refractivity contribution in [3.8, 4) is 5.75 Å². The highest BCUT2D eigenvalue weighted by Crippen LogP contribution is 2.22. The van der Waals surface area contributed by atoms with Gasteiger partial charge in [0, 0.05) is 36.7 Å². The molecular weight excluding hydrogens is 360 g/mol. The second-order valence-electron chi connectivity index (χ2n) is 6.05. The number of methoxy groups -OCH3 is 1. The summed E-state index contributed by atoms with van der Waals surface area (Å²) in [4.78, 5) is 8.69. The molecule has 2 N–H and O–H groups in total. The number of halogens is 1. The summed E-state index contributed by atoms with van der Waals surface area (Å²) in [5, 5.41) is 8.54. The number of para-hydroxylation sites is 1. The van der Waals surface area contributed by atoms with Gasteiger partial charge in [0.1, 0.15) is 5.75 Å². The first kappa shape index (κ1) is 19.0. The summed E-state index contributed by atoms with van der Waals surface area (Å²) in [6, 6.07) is 15.9. The summed E-state index contributed by atoms with van der Waals surface area (Å²) in [5.74, 6) is 1.51. The monoisotopic (exact) mass is 382 g/mol. The Balaban J connectivity index is 1.55. The predicted octanol–water partition coefficient (Wildman–Crippen LogP) is 3.80. The molecule has 0 fully saturated rings. The molecular formula is C21H23ClN4O. The molecule has 0 unspecified atom stereocenters. The largest absolute Gasteiger partial charge is 0.497 e. The Kier molecular flexibility index (Phi) is 6.49. The molecule has 2 aromatic carbocycles. The Morgan fingerprint density at radius 2 is 1.96 bits per heavy atom. The average molecular weight is 383 g/mol. The third-order valence-corrected chi connectivity index (χ3v) is 4.71. The lowest BCUT2D eigenvalue weighted by Crippen LogP contribution is -2.37. The van der Waals surface area contributed by atoms with Gasteiger partial charge in [-0.3, -0.25) is 9.98 Å². The predicted molar refractivity (Wildman–Crippen MR) is 112 cm³/mol. The molecule has 0 aliphatic heterocycles. The number of fused-ring (bicyclic) bond motifs is 1. The number of benzene rings is 2. The fourth-order valence-electron chi connectivity index (χ4n) is 2.88. The number of ether oxygens (including phenoxy) is 1. The van der Waals surface area contributed by atoms with E-state index in [2.05, 4.69) is 26.7 Å². The van der Waals surface area contributed by atoms with Gasteiger partial charge in [0.2, 0.25) is 0 Å². The van der Waals surface area contributed by atoms with Gasteiger partial charge < -0.3 is 15.4 Å². The normalized spacial score (nSPS) is 11.4. The quantitative estimate of drug-likeness (QED) is 0.503. The zero-order valence-corrected chi connectivity index (χ0v) is 16.3. The van der Waals surface area contributed by atoms with Crippen LogP contribution in [-0.2, 0) is 13.0 Å². The van der Waals surface area contributed by atoms with Crippen molar-refractivity contribution in [3.05, 3.63) is 70.9 Å². The Hall–Kier alpha value is -2.79. The van der Waals surface area contributed by atoms with Crippen LogP contribution < -0.4 is 15.4 Å². The molecule has 0 aliphatic carbocycles. The van der Waals surface area contributed by atoms with Gasteiger partial charge in [-0.2, -0.15) is 0 Å². The maximum Gasteiger partial charge on any atom is 0.191 e. The molecule has 1 heterocycles. The van der Waals surface area contributed by atoms with Gasteiger partial charge in [-0.15, -0.1) is 0 Å². The first-order valence-corrected chi connectivity index (χ1v) is 9.18. The maximum absolute atomic E-state index is 6.29. The number of hydrogen-bond acceptors (Lipinski definition) is 3. The second-order valence-corrected chi connectivity index (χ2v) is 6.45. The Morgan fingerprint density at radius 1 is 1.11 bits per heavy atom. The van der Waals surface area contributed by atoms with Gasteiger partial charge in [-0.1, -0.05) is 35.9 Å². The van der Waals surface area contributed by atoms with Crippen molar-refractivity contribution in [2.45, 2.75) is 13.0 Å². The number of nitrogens with zero attached hydrogens (tertiary/aromatic N) is 2. The molecule has 140 valence electrons. The van der Waals surface area contributed by atoms with Crippen molar-refractivity contribution >= 4 is 28.5 Å². The smallest absolute Gasteiger partial charge is 0.191 e. The molecule has 0 spiro atoms. The highest BCUT2D eigenvalue weighted by atomic mass is 35.5. The molecule has 27 heavy (non-hydrogen) atoms. The van der Waals surface area contributed by atoms with Gasteiger partial charge in [0.25, 0.3) is 0 Å². The Bertz CT molecular complexity index is 937. The van der Waals surface area contributed by atoms with E-state index in [1.807, 2.05) is 48.7 Å². The van der Waals surface area contributed by atoms with Crippen molar-refractivity contribution in [3.63, 3.8) is 0 Å². The number of aromatic nitrogens is 1. The SMILES string of the molecule is CN=C(NCCc1ccc(OC)cc1Cl)NCc1ccnc2ccccc12. The number of rotatable bonds is 6. The van der Waals surface area contributed by atoms with Gasteiger partial charge in [-0.25, -0.2) is 0 Å². The third-order valence-electron chi connectivity index (χ3n) is 4.36. The lowest BCUT2D eigenvalue weighted by Gasteiger charge is -2.13. The fourth-order valence-corrected chi connectivity index (χ4v) is 3.15. The number of aliphatic imine (C=N–C) groups is 1. The molecule has 5 nitrogen and oxygen atoms in total. The lowest BCUT2D eigenvalue weighted by molar-refractivity contribution is 0.414. The summed E-state index contributed by atoms with van der Waals surface area (Å²) in [7, 11) is 3.40. The van der Waals surface area contributed by atoms with E-state index in [0.717, 1.165) is 41.1 Å². The van der Waals surface area contributed by atoms with Crippen molar-refractivity contribution in [2.24, 2.45) is 4.99 Å². The van der Waals surface area contributed by atoms with Crippen LogP contribution in [0.5, 0.6) is 5.75 Å². The van der Waals surface area contributed by atoms with Crippen LogP contribution in [0.15, 0.2) is 59.7 Å². The van der Waals surface area contributed by atoms with Crippen LogP contribution in [0.3, 0.4) is 0 Å². The van der Waals surface area contributed by atoms with Crippen LogP contribution in [0.1, 0.15) is 11.1 Å². The minimum Gasteiger partial charge on any atom is -0.497 e. The van der Waals surface area contributed by atoms with E-state index in [9.17, 15) is 0 Å². The van der Waals surface area contributed by atoms with Crippen LogP contribution in [0.4, 0.5) is 0 Å². The highest BCUT2D eigenvalue weighted by molar-refractivity contribution is 6.31. The minimum absolute atomic E-state index is 0.673. The standard InChI is InChI=1S/C21H23ClN4O/c1-23-21(25-12-9-15-7-8-17(27-2)13-19(15)22)26-14-16-10-11-24-20-6-4-3-5-18(16)20/h3-8,10-11,13H,9,12,14H2,1-2H3,(H2,23,25,26). The van der Waals surface area contributed by atoms with Gasteiger partial charge in [0.15, 0.2) is 5.96 Å². The molecule has 3 rings (SSSR count). The maximum atomic E-state index is 6.29. The van der Waals surface area contributed by atoms with E-state index in [4.69, 9.17) is 16.3 Å². The molecule has 0 saturated heterocycles. The topological polar surface area (TPSA) is 58.5 Å². The molecule has 0 atom stereocenters. The van der Waals surface area contributed by atoms with Crippen LogP contribution in [0.25, 0.3) is 10.9 Å². The first-order valence-electron chi connectivity index (χ1n) is 8.81. The van der Waals surface area contributed by atoms with Crippen LogP contribution >= 0.6 is 11.6 Å². The first-order chi connectivity index (χ1) is 13.2. The molecule has 0 saturated carbocycles. The number of hydrogen-bond donors (Lipinski definition) is 2. The van der Waals surface area contributed by atoms with Crippen molar-refractivity contribution in [2.75, 3.05) is 20.7 Å². The molecule has 0 amide bonds. The van der Waals surface area contributed by atoms with Crippen molar-refractivity contribution in [1.29, 1.82) is 0 Å². The van der Waals surface area contributed by atoms with E-state index >= 15 is 0 Å². The minimum atomic E-state index is 0.673. The van der Waals surface area contributed by atoms with Gasteiger partial charge >= 0.3 is 0 Å². The number of pyridine rings is 1. The zero-order chi connectivity index (χ0) is 19.1. The Labute approximate surface area is 164 Å². The molecule has 0 aliphatic rings. The van der Waals surface area contributed by atoms with E-state index in [0.29, 0.717) is 11.6 Å². The van der Waals surface area contributed by atoms with E-state index in [1.54, 1.807) is 14.2 Å². The van der Waals surface area contributed by atoms with Crippen LogP contribution in [0, 0.1) is 0 Å². The third kappa shape index (κ3) is 4.89. The Morgan fingerprint density at radius 3 is 2.74 bits per heavy atom. The second kappa shape index (κ2) is 9.24. The highest BCUT2D eigenvalue weighted by Gasteiger charge is 2.05. The van der Waals surface area contributed by atoms with Crippen LogP contribution in [0.2, 0.25) is 5.02 Å². The molecule has 6 heteroatoms. The van der Waals surface area contributed by atoms with Gasteiger partial charge in [-0.05, 0) is 41.8 Å². The molecule has 0 radical (unpaired) electrons. The summed E-state index contributed by atoms with van der Waals surface area (Å²) >= 11 is 6.29.